The van der Waals surface area contributed by atoms with Crippen LogP contribution in [-0.2, 0) is 14.3 Å². The molecule has 2 N–H and O–H groups in total. The number of nitrogens with one attached hydrogen (secondary N) is 2. The largest absolute Gasteiger partial charge is 0.444 e. The zero-order valence-corrected chi connectivity index (χ0v) is 22.1. The molecule has 0 spiro atoms. The van der Waals surface area contributed by atoms with E-state index in [1.165, 1.54) is 0 Å². The standard InChI is InChI=1S/C30H35N3O4/c1-19-14-20(2)16-23(15-19)27(28(35)32-24-11-10-21-8-6-7-9-22(21)17-24)33(25-12-13-25)26(34)18-31-29(36)37-30(3,4)5/h6-11,14-17,25,27H,12-13,18H2,1-5H3,(H,31,36)(H,32,35). The summed E-state index contributed by atoms with van der Waals surface area (Å²) in [6.07, 6.45) is 0.950. The fourth-order valence-electron chi connectivity index (χ4n) is 4.55. The van der Waals surface area contributed by atoms with Gasteiger partial charge in [-0.2, -0.15) is 0 Å². The van der Waals surface area contributed by atoms with Crippen molar-refractivity contribution in [3.8, 4) is 0 Å². The van der Waals surface area contributed by atoms with Crippen LogP contribution < -0.4 is 10.6 Å². The summed E-state index contributed by atoms with van der Waals surface area (Å²) in [7, 11) is 0. The number of fused-ring (bicyclic) bond motifs is 1. The monoisotopic (exact) mass is 501 g/mol. The molecule has 3 amide bonds. The molecule has 0 bridgehead atoms. The van der Waals surface area contributed by atoms with Gasteiger partial charge in [0.2, 0.25) is 5.91 Å². The van der Waals surface area contributed by atoms with Crippen LogP contribution in [0.2, 0.25) is 0 Å². The maximum Gasteiger partial charge on any atom is 0.408 e. The van der Waals surface area contributed by atoms with Crippen LogP contribution in [0.3, 0.4) is 0 Å². The summed E-state index contributed by atoms with van der Waals surface area (Å²) in [5.41, 5.74) is 2.74. The van der Waals surface area contributed by atoms with Crippen molar-refractivity contribution in [2.24, 2.45) is 0 Å². The normalized spacial score (nSPS) is 14.1. The summed E-state index contributed by atoms with van der Waals surface area (Å²) >= 11 is 0. The van der Waals surface area contributed by atoms with E-state index >= 15 is 0 Å². The highest BCUT2D eigenvalue weighted by Gasteiger charge is 2.41. The maximum atomic E-state index is 13.9. The van der Waals surface area contributed by atoms with E-state index in [9.17, 15) is 14.4 Å². The fraction of sp³-hybridized carbons (Fsp3) is 0.367. The molecule has 1 atom stereocenters. The first-order chi connectivity index (χ1) is 17.5. The number of benzene rings is 3. The first kappa shape index (κ1) is 26.2. The van der Waals surface area contributed by atoms with Gasteiger partial charge >= 0.3 is 6.09 Å². The molecule has 194 valence electrons. The quantitative estimate of drug-likeness (QED) is 0.438. The molecule has 0 radical (unpaired) electrons. The van der Waals surface area contributed by atoms with E-state index in [0.29, 0.717) is 5.69 Å². The highest BCUT2D eigenvalue weighted by atomic mass is 16.6. The molecule has 7 heteroatoms. The summed E-state index contributed by atoms with van der Waals surface area (Å²) in [6.45, 7) is 8.98. The van der Waals surface area contributed by atoms with Gasteiger partial charge in [0.05, 0.1) is 0 Å². The van der Waals surface area contributed by atoms with Crippen molar-refractivity contribution < 1.29 is 19.1 Å². The molecular formula is C30H35N3O4. The van der Waals surface area contributed by atoms with Crippen molar-refractivity contribution in [2.45, 2.75) is 65.1 Å². The second-order valence-electron chi connectivity index (χ2n) is 10.8. The Kier molecular flexibility index (Phi) is 7.52. The summed E-state index contributed by atoms with van der Waals surface area (Å²) in [5.74, 6) is -0.621. The molecule has 1 aliphatic carbocycles. The van der Waals surface area contributed by atoms with Crippen LogP contribution in [-0.4, -0.2) is 41.0 Å². The van der Waals surface area contributed by atoms with Gasteiger partial charge in [-0.1, -0.05) is 59.7 Å². The van der Waals surface area contributed by atoms with Gasteiger partial charge in [0.25, 0.3) is 5.91 Å². The number of amides is 3. The summed E-state index contributed by atoms with van der Waals surface area (Å²) in [5, 5.41) is 7.69. The van der Waals surface area contributed by atoms with Crippen LogP contribution in [0, 0.1) is 13.8 Å². The molecule has 0 heterocycles. The minimum Gasteiger partial charge on any atom is -0.444 e. The molecule has 1 fully saturated rings. The van der Waals surface area contributed by atoms with Gasteiger partial charge in [-0.25, -0.2) is 4.79 Å². The van der Waals surface area contributed by atoms with Crippen molar-refractivity contribution in [3.05, 3.63) is 77.4 Å². The molecule has 1 saturated carbocycles. The highest BCUT2D eigenvalue weighted by Crippen LogP contribution is 2.36. The number of hydrogen-bond donors (Lipinski definition) is 2. The molecule has 7 nitrogen and oxygen atoms in total. The molecule has 3 aromatic carbocycles. The Hall–Kier alpha value is -3.87. The van der Waals surface area contributed by atoms with Crippen LogP contribution in [0.15, 0.2) is 60.7 Å². The van der Waals surface area contributed by atoms with Crippen LogP contribution in [0.1, 0.15) is 56.3 Å². The smallest absolute Gasteiger partial charge is 0.408 e. The number of hydrogen-bond acceptors (Lipinski definition) is 4. The minimum absolute atomic E-state index is 0.0684. The lowest BCUT2D eigenvalue weighted by molar-refractivity contribution is -0.138. The van der Waals surface area contributed by atoms with E-state index in [2.05, 4.69) is 10.6 Å². The maximum absolute atomic E-state index is 13.9. The Labute approximate surface area is 218 Å². The first-order valence-electron chi connectivity index (χ1n) is 12.7. The summed E-state index contributed by atoms with van der Waals surface area (Å²) < 4.78 is 5.28. The minimum atomic E-state index is -0.842. The topological polar surface area (TPSA) is 87.7 Å². The number of carbonyl (C=O) groups excluding carboxylic acids is 3. The van der Waals surface area contributed by atoms with Crippen LogP contribution in [0.4, 0.5) is 10.5 Å². The molecule has 1 unspecified atom stereocenters. The number of rotatable bonds is 7. The SMILES string of the molecule is Cc1cc(C)cc(C(C(=O)Nc2ccc3ccccc3c2)N(C(=O)CNC(=O)OC(C)(C)C)C2CC2)c1. The van der Waals surface area contributed by atoms with E-state index in [4.69, 9.17) is 4.74 Å². The number of aryl methyl sites for hydroxylation is 2. The lowest BCUT2D eigenvalue weighted by atomic mass is 9.98. The van der Waals surface area contributed by atoms with E-state index in [-0.39, 0.29) is 24.4 Å². The van der Waals surface area contributed by atoms with Gasteiger partial charge < -0.3 is 20.3 Å². The predicted molar refractivity (Wildman–Crippen MR) is 145 cm³/mol. The average Bonchev–Trinajstić information content (AvgIpc) is 3.64. The molecular weight excluding hydrogens is 466 g/mol. The van der Waals surface area contributed by atoms with Gasteiger partial charge in [-0.15, -0.1) is 0 Å². The van der Waals surface area contributed by atoms with Crippen LogP contribution in [0.25, 0.3) is 10.8 Å². The van der Waals surface area contributed by atoms with E-state index in [1.54, 1.807) is 25.7 Å². The summed E-state index contributed by atoms with van der Waals surface area (Å²) in [4.78, 5) is 41.2. The highest BCUT2D eigenvalue weighted by molar-refractivity contribution is 6.00. The van der Waals surface area contributed by atoms with Crippen molar-refractivity contribution in [1.29, 1.82) is 0 Å². The van der Waals surface area contributed by atoms with Crippen LogP contribution >= 0.6 is 0 Å². The Morgan fingerprint density at radius 1 is 0.946 bits per heavy atom. The van der Waals surface area contributed by atoms with Crippen molar-refractivity contribution in [3.63, 3.8) is 0 Å². The fourth-order valence-corrected chi connectivity index (χ4v) is 4.55. The second kappa shape index (κ2) is 10.6. The van der Waals surface area contributed by atoms with Gasteiger partial charge in [-0.3, -0.25) is 9.59 Å². The van der Waals surface area contributed by atoms with Crippen molar-refractivity contribution in [2.75, 3.05) is 11.9 Å². The number of carbonyl (C=O) groups is 3. The molecule has 1 aliphatic rings. The molecule has 0 saturated heterocycles. The molecule has 3 aromatic rings. The Balaban J connectivity index is 1.63. The summed E-state index contributed by atoms with van der Waals surface area (Å²) in [6, 6.07) is 18.7. The lowest BCUT2D eigenvalue weighted by Gasteiger charge is -2.32. The molecule has 0 aromatic heterocycles. The number of alkyl carbamates (subject to hydrolysis) is 1. The van der Waals surface area contributed by atoms with E-state index in [0.717, 1.165) is 40.3 Å². The zero-order chi connectivity index (χ0) is 26.7. The molecule has 37 heavy (non-hydrogen) atoms. The van der Waals surface area contributed by atoms with E-state index in [1.807, 2.05) is 74.5 Å². The lowest BCUT2D eigenvalue weighted by Crippen LogP contribution is -2.47. The third kappa shape index (κ3) is 6.88. The van der Waals surface area contributed by atoms with Crippen molar-refractivity contribution in [1.82, 2.24) is 10.2 Å². The number of anilines is 1. The Morgan fingerprint density at radius 2 is 1.59 bits per heavy atom. The first-order valence-corrected chi connectivity index (χ1v) is 12.7. The van der Waals surface area contributed by atoms with Gasteiger partial charge in [0.1, 0.15) is 18.2 Å². The Bertz CT molecular complexity index is 1300. The molecule has 0 aliphatic heterocycles. The third-order valence-electron chi connectivity index (χ3n) is 6.11. The average molecular weight is 502 g/mol. The number of nitrogens with zero attached hydrogens (tertiary/aromatic N) is 1. The zero-order valence-electron chi connectivity index (χ0n) is 22.1. The van der Waals surface area contributed by atoms with Gasteiger partial charge in [0.15, 0.2) is 0 Å². The second-order valence-corrected chi connectivity index (χ2v) is 10.8. The van der Waals surface area contributed by atoms with E-state index < -0.39 is 17.7 Å². The van der Waals surface area contributed by atoms with Crippen LogP contribution in [0.5, 0.6) is 0 Å². The van der Waals surface area contributed by atoms with Gasteiger partial charge in [-0.05, 0) is 75.9 Å². The molecule has 4 rings (SSSR count). The third-order valence-corrected chi connectivity index (χ3v) is 6.11. The Morgan fingerprint density at radius 3 is 2.22 bits per heavy atom. The van der Waals surface area contributed by atoms with Crippen molar-refractivity contribution >= 4 is 34.4 Å². The van der Waals surface area contributed by atoms with Gasteiger partial charge in [0, 0.05) is 11.7 Å². The number of ether oxygens (including phenoxy) is 1. The predicted octanol–water partition coefficient (Wildman–Crippen LogP) is 5.65.